The minimum Gasteiger partial charge on any atom is -0.334 e. The standard InChI is InChI=1S/C11H13ClN2O/c1-8(2)14-11(15)13-7-9-3-5-10(12)6-4-9/h3-6H,1,7H2,2H3,(H2,13,14,15). The Hall–Kier alpha value is -1.48. The Morgan fingerprint density at radius 2 is 2.00 bits per heavy atom. The summed E-state index contributed by atoms with van der Waals surface area (Å²) in [4.78, 5) is 11.2. The summed E-state index contributed by atoms with van der Waals surface area (Å²) < 4.78 is 0. The van der Waals surface area contributed by atoms with Gasteiger partial charge in [-0.25, -0.2) is 4.79 Å². The molecule has 1 aromatic rings. The van der Waals surface area contributed by atoms with Crippen molar-refractivity contribution < 1.29 is 4.79 Å². The minimum absolute atomic E-state index is 0.252. The van der Waals surface area contributed by atoms with E-state index in [1.807, 2.05) is 12.1 Å². The van der Waals surface area contributed by atoms with Gasteiger partial charge in [-0.15, -0.1) is 0 Å². The molecular weight excluding hydrogens is 212 g/mol. The van der Waals surface area contributed by atoms with Crippen LogP contribution in [0, 0.1) is 0 Å². The molecule has 0 atom stereocenters. The zero-order valence-corrected chi connectivity index (χ0v) is 9.27. The fourth-order valence-corrected chi connectivity index (χ4v) is 1.15. The number of nitrogens with one attached hydrogen (secondary N) is 2. The van der Waals surface area contributed by atoms with Crippen LogP contribution in [-0.2, 0) is 6.54 Å². The van der Waals surface area contributed by atoms with E-state index in [0.717, 1.165) is 5.56 Å². The topological polar surface area (TPSA) is 41.1 Å². The molecule has 0 unspecified atom stereocenters. The maximum Gasteiger partial charge on any atom is 0.319 e. The van der Waals surface area contributed by atoms with E-state index >= 15 is 0 Å². The predicted molar refractivity (Wildman–Crippen MR) is 61.6 cm³/mol. The van der Waals surface area contributed by atoms with Crippen LogP contribution in [0.5, 0.6) is 0 Å². The molecular formula is C11H13ClN2O. The van der Waals surface area contributed by atoms with Crippen LogP contribution >= 0.6 is 11.6 Å². The number of amides is 2. The van der Waals surface area contributed by atoms with E-state index in [1.54, 1.807) is 19.1 Å². The zero-order valence-electron chi connectivity index (χ0n) is 8.51. The van der Waals surface area contributed by atoms with Crippen molar-refractivity contribution >= 4 is 17.6 Å². The Morgan fingerprint density at radius 3 is 2.53 bits per heavy atom. The van der Waals surface area contributed by atoms with Crippen LogP contribution in [0.15, 0.2) is 36.5 Å². The van der Waals surface area contributed by atoms with Gasteiger partial charge in [-0.2, -0.15) is 0 Å². The van der Waals surface area contributed by atoms with Gasteiger partial charge in [-0.3, -0.25) is 0 Å². The average molecular weight is 225 g/mol. The van der Waals surface area contributed by atoms with Crippen LogP contribution in [0.4, 0.5) is 4.79 Å². The largest absolute Gasteiger partial charge is 0.334 e. The Labute approximate surface area is 94.1 Å². The van der Waals surface area contributed by atoms with E-state index in [2.05, 4.69) is 17.2 Å². The van der Waals surface area contributed by atoms with Crippen LogP contribution in [0.3, 0.4) is 0 Å². The molecule has 0 aliphatic carbocycles. The highest BCUT2D eigenvalue weighted by atomic mass is 35.5. The van der Waals surface area contributed by atoms with E-state index in [9.17, 15) is 4.79 Å². The molecule has 0 saturated carbocycles. The zero-order chi connectivity index (χ0) is 11.3. The smallest absolute Gasteiger partial charge is 0.319 e. The second-order valence-corrected chi connectivity index (χ2v) is 3.65. The Bertz CT molecular complexity index is 359. The normalized spacial score (nSPS) is 9.47. The number of urea groups is 1. The molecule has 0 bridgehead atoms. The Balaban J connectivity index is 2.40. The lowest BCUT2D eigenvalue weighted by molar-refractivity contribution is 0.243. The van der Waals surface area contributed by atoms with Crippen LogP contribution < -0.4 is 10.6 Å². The molecule has 0 fully saturated rings. The number of benzene rings is 1. The molecule has 0 aliphatic rings. The van der Waals surface area contributed by atoms with Crippen molar-refractivity contribution in [1.82, 2.24) is 10.6 Å². The molecule has 1 aromatic carbocycles. The van der Waals surface area contributed by atoms with Gasteiger partial charge < -0.3 is 10.6 Å². The van der Waals surface area contributed by atoms with Gasteiger partial charge >= 0.3 is 6.03 Å². The number of rotatable bonds is 3. The fourth-order valence-electron chi connectivity index (χ4n) is 1.02. The maximum atomic E-state index is 11.2. The quantitative estimate of drug-likeness (QED) is 0.815. The number of carbonyl (C=O) groups is 1. The predicted octanol–water partition coefficient (Wildman–Crippen LogP) is 2.67. The summed E-state index contributed by atoms with van der Waals surface area (Å²) in [5.41, 5.74) is 1.61. The summed E-state index contributed by atoms with van der Waals surface area (Å²) in [5, 5.41) is 5.93. The van der Waals surface area contributed by atoms with Crippen molar-refractivity contribution in [2.75, 3.05) is 0 Å². The first-order valence-electron chi connectivity index (χ1n) is 4.53. The van der Waals surface area contributed by atoms with Crippen LogP contribution in [-0.4, -0.2) is 6.03 Å². The molecule has 4 heteroatoms. The van der Waals surface area contributed by atoms with Gasteiger partial charge in [-0.05, 0) is 24.6 Å². The van der Waals surface area contributed by atoms with Crippen molar-refractivity contribution in [3.63, 3.8) is 0 Å². The molecule has 0 radical (unpaired) electrons. The lowest BCUT2D eigenvalue weighted by Gasteiger charge is -2.06. The summed E-state index contributed by atoms with van der Waals surface area (Å²) in [5.74, 6) is 0. The van der Waals surface area contributed by atoms with E-state index in [-0.39, 0.29) is 6.03 Å². The third-order valence-corrected chi connectivity index (χ3v) is 1.95. The van der Waals surface area contributed by atoms with Crippen molar-refractivity contribution in [3.8, 4) is 0 Å². The summed E-state index contributed by atoms with van der Waals surface area (Å²) in [7, 11) is 0. The lowest BCUT2D eigenvalue weighted by Crippen LogP contribution is -2.33. The van der Waals surface area contributed by atoms with Crippen molar-refractivity contribution in [2.24, 2.45) is 0 Å². The first-order chi connectivity index (χ1) is 7.08. The van der Waals surface area contributed by atoms with Gasteiger partial charge in [0.05, 0.1) is 0 Å². The first kappa shape index (κ1) is 11.6. The molecule has 2 amide bonds. The van der Waals surface area contributed by atoms with Crippen molar-refractivity contribution in [1.29, 1.82) is 0 Å². The Morgan fingerprint density at radius 1 is 1.40 bits per heavy atom. The van der Waals surface area contributed by atoms with Crippen molar-refractivity contribution in [3.05, 3.63) is 47.1 Å². The van der Waals surface area contributed by atoms with Gasteiger partial charge in [0.25, 0.3) is 0 Å². The fraction of sp³-hybridized carbons (Fsp3) is 0.182. The molecule has 0 heterocycles. The highest BCUT2D eigenvalue weighted by Gasteiger charge is 1.99. The van der Waals surface area contributed by atoms with Gasteiger partial charge in [0, 0.05) is 17.3 Å². The van der Waals surface area contributed by atoms with Gasteiger partial charge in [0.15, 0.2) is 0 Å². The SMILES string of the molecule is C=C(C)NC(=O)NCc1ccc(Cl)cc1. The number of hydrogen-bond donors (Lipinski definition) is 2. The summed E-state index contributed by atoms with van der Waals surface area (Å²) >= 11 is 5.73. The van der Waals surface area contributed by atoms with E-state index < -0.39 is 0 Å². The van der Waals surface area contributed by atoms with Crippen LogP contribution in [0.25, 0.3) is 0 Å². The molecule has 0 saturated heterocycles. The number of hydrogen-bond acceptors (Lipinski definition) is 1. The molecule has 80 valence electrons. The van der Waals surface area contributed by atoms with E-state index in [4.69, 9.17) is 11.6 Å². The second kappa shape index (κ2) is 5.41. The second-order valence-electron chi connectivity index (χ2n) is 3.21. The number of carbonyl (C=O) groups excluding carboxylic acids is 1. The lowest BCUT2D eigenvalue weighted by atomic mass is 10.2. The van der Waals surface area contributed by atoms with Crippen LogP contribution in [0.2, 0.25) is 5.02 Å². The Kier molecular flexibility index (Phi) is 4.18. The molecule has 0 aromatic heterocycles. The van der Waals surface area contributed by atoms with Gasteiger partial charge in [0.2, 0.25) is 0 Å². The number of allylic oxidation sites excluding steroid dienone is 1. The third kappa shape index (κ3) is 4.51. The highest BCUT2D eigenvalue weighted by Crippen LogP contribution is 2.08. The van der Waals surface area contributed by atoms with Gasteiger partial charge in [-0.1, -0.05) is 30.3 Å². The first-order valence-corrected chi connectivity index (χ1v) is 4.90. The van der Waals surface area contributed by atoms with Crippen molar-refractivity contribution in [2.45, 2.75) is 13.5 Å². The molecule has 2 N–H and O–H groups in total. The molecule has 3 nitrogen and oxygen atoms in total. The number of halogens is 1. The molecule has 0 aliphatic heterocycles. The summed E-state index contributed by atoms with van der Waals surface area (Å²) in [6.45, 7) is 5.76. The highest BCUT2D eigenvalue weighted by molar-refractivity contribution is 6.30. The molecule has 0 spiro atoms. The summed E-state index contributed by atoms with van der Waals surface area (Å²) in [6.07, 6.45) is 0. The molecule has 15 heavy (non-hydrogen) atoms. The van der Waals surface area contributed by atoms with E-state index in [1.165, 1.54) is 0 Å². The summed E-state index contributed by atoms with van der Waals surface area (Å²) in [6, 6.07) is 7.05. The minimum atomic E-state index is -0.252. The third-order valence-electron chi connectivity index (χ3n) is 1.69. The molecule has 1 rings (SSSR count). The van der Waals surface area contributed by atoms with Crippen LogP contribution in [0.1, 0.15) is 12.5 Å². The van der Waals surface area contributed by atoms with Gasteiger partial charge in [0.1, 0.15) is 0 Å². The van der Waals surface area contributed by atoms with E-state index in [0.29, 0.717) is 17.3 Å². The maximum absolute atomic E-state index is 11.2. The monoisotopic (exact) mass is 224 g/mol. The average Bonchev–Trinajstić information content (AvgIpc) is 2.16.